The van der Waals surface area contributed by atoms with Gasteiger partial charge >= 0.3 is 11.9 Å². The SMILES string of the molecule is CC(NC(=O)C(NC(=O)C(N)CC(=O)O)C(C)O)C(=O)NC(CO)C(=O)O. The van der Waals surface area contributed by atoms with Crippen LogP contribution in [0.2, 0.25) is 0 Å². The lowest BCUT2D eigenvalue weighted by Crippen LogP contribution is -2.59. The van der Waals surface area contributed by atoms with Crippen molar-refractivity contribution in [1.29, 1.82) is 0 Å². The number of carboxylic acid groups (broad SMARTS) is 2. The summed E-state index contributed by atoms with van der Waals surface area (Å²) >= 11 is 0. The Hall–Kier alpha value is -2.77. The first-order valence-electron chi connectivity index (χ1n) is 7.80. The first kappa shape index (κ1) is 24.2. The lowest BCUT2D eigenvalue weighted by molar-refractivity contribution is -0.143. The summed E-state index contributed by atoms with van der Waals surface area (Å²) in [5, 5.41) is 42.1. The number of carbonyl (C=O) groups excluding carboxylic acids is 3. The van der Waals surface area contributed by atoms with Gasteiger partial charge in [-0.15, -0.1) is 0 Å². The molecule has 27 heavy (non-hydrogen) atoms. The number of aliphatic hydroxyl groups is 2. The van der Waals surface area contributed by atoms with E-state index in [4.69, 9.17) is 21.1 Å². The molecule has 154 valence electrons. The van der Waals surface area contributed by atoms with Crippen molar-refractivity contribution in [2.75, 3.05) is 6.61 Å². The van der Waals surface area contributed by atoms with Crippen molar-refractivity contribution in [2.45, 2.75) is 50.5 Å². The minimum absolute atomic E-state index is 0.698. The second-order valence-corrected chi connectivity index (χ2v) is 5.74. The molecule has 0 aliphatic rings. The Bertz CT molecular complexity index is 581. The number of aliphatic hydroxyl groups excluding tert-OH is 2. The molecule has 0 aliphatic carbocycles. The van der Waals surface area contributed by atoms with Crippen molar-refractivity contribution in [1.82, 2.24) is 16.0 Å². The van der Waals surface area contributed by atoms with Crippen LogP contribution in [0.15, 0.2) is 0 Å². The minimum Gasteiger partial charge on any atom is -0.481 e. The summed E-state index contributed by atoms with van der Waals surface area (Å²) in [4.78, 5) is 57.2. The molecule has 0 bridgehead atoms. The molecule has 5 unspecified atom stereocenters. The molecule has 3 amide bonds. The number of nitrogens with two attached hydrogens (primary N) is 1. The Labute approximate surface area is 153 Å². The van der Waals surface area contributed by atoms with E-state index >= 15 is 0 Å². The van der Waals surface area contributed by atoms with Crippen LogP contribution in [0.5, 0.6) is 0 Å². The Morgan fingerprint density at radius 1 is 0.926 bits per heavy atom. The molecule has 0 saturated heterocycles. The molecule has 0 aromatic heterocycles. The molecule has 0 fully saturated rings. The van der Waals surface area contributed by atoms with E-state index in [0.29, 0.717) is 0 Å². The second-order valence-electron chi connectivity index (χ2n) is 5.74. The number of rotatable bonds is 11. The van der Waals surface area contributed by atoms with E-state index in [1.165, 1.54) is 13.8 Å². The van der Waals surface area contributed by atoms with Gasteiger partial charge in [0, 0.05) is 0 Å². The van der Waals surface area contributed by atoms with Crippen molar-refractivity contribution in [2.24, 2.45) is 5.73 Å². The van der Waals surface area contributed by atoms with Crippen molar-refractivity contribution in [3.63, 3.8) is 0 Å². The minimum atomic E-state index is -1.57. The maximum absolute atomic E-state index is 12.2. The number of aliphatic carboxylic acids is 2. The summed E-state index contributed by atoms with van der Waals surface area (Å²) in [5.74, 6) is -5.73. The third-order valence-electron chi connectivity index (χ3n) is 3.34. The Kier molecular flexibility index (Phi) is 9.92. The lowest BCUT2D eigenvalue weighted by Gasteiger charge is -2.24. The molecule has 0 radical (unpaired) electrons. The molecule has 0 heterocycles. The zero-order chi connectivity index (χ0) is 21.3. The molecule has 0 aromatic carbocycles. The number of amides is 3. The number of hydrogen-bond acceptors (Lipinski definition) is 8. The molecule has 0 rings (SSSR count). The molecule has 0 aromatic rings. The fourth-order valence-corrected chi connectivity index (χ4v) is 1.80. The van der Waals surface area contributed by atoms with Gasteiger partial charge in [0.15, 0.2) is 0 Å². The summed E-state index contributed by atoms with van der Waals surface area (Å²) in [6.07, 6.45) is -2.11. The monoisotopic (exact) mass is 392 g/mol. The van der Waals surface area contributed by atoms with Crippen molar-refractivity contribution < 1.29 is 44.4 Å². The summed E-state index contributed by atoms with van der Waals surface area (Å²) in [6.45, 7) is 1.51. The predicted molar refractivity (Wildman–Crippen MR) is 88.1 cm³/mol. The van der Waals surface area contributed by atoms with Gasteiger partial charge in [-0.1, -0.05) is 0 Å². The zero-order valence-electron chi connectivity index (χ0n) is 14.7. The first-order valence-corrected chi connectivity index (χ1v) is 7.80. The van der Waals surface area contributed by atoms with Crippen LogP contribution in [0.1, 0.15) is 20.3 Å². The lowest BCUT2D eigenvalue weighted by atomic mass is 10.1. The van der Waals surface area contributed by atoms with Gasteiger partial charge in [0.25, 0.3) is 0 Å². The molecular weight excluding hydrogens is 368 g/mol. The number of carbonyl (C=O) groups is 5. The van der Waals surface area contributed by atoms with Crippen LogP contribution in [0.25, 0.3) is 0 Å². The van der Waals surface area contributed by atoms with E-state index < -0.39 is 73.0 Å². The van der Waals surface area contributed by atoms with Crippen LogP contribution < -0.4 is 21.7 Å². The van der Waals surface area contributed by atoms with Crippen LogP contribution in [0.4, 0.5) is 0 Å². The van der Waals surface area contributed by atoms with Gasteiger partial charge in [-0.25, -0.2) is 4.79 Å². The van der Waals surface area contributed by atoms with Gasteiger partial charge in [0.2, 0.25) is 17.7 Å². The highest BCUT2D eigenvalue weighted by molar-refractivity contribution is 5.94. The van der Waals surface area contributed by atoms with Gasteiger partial charge in [0.05, 0.1) is 25.2 Å². The Morgan fingerprint density at radius 2 is 1.48 bits per heavy atom. The highest BCUT2D eigenvalue weighted by Crippen LogP contribution is 1.98. The third-order valence-corrected chi connectivity index (χ3v) is 3.34. The average molecular weight is 392 g/mol. The topological polar surface area (TPSA) is 228 Å². The molecule has 13 heteroatoms. The molecule has 0 spiro atoms. The van der Waals surface area contributed by atoms with E-state index in [-0.39, 0.29) is 0 Å². The molecular formula is C14H24N4O9. The van der Waals surface area contributed by atoms with Crippen LogP contribution in [-0.4, -0.2) is 87.0 Å². The van der Waals surface area contributed by atoms with Gasteiger partial charge < -0.3 is 42.1 Å². The zero-order valence-corrected chi connectivity index (χ0v) is 14.7. The quantitative estimate of drug-likeness (QED) is 0.169. The maximum Gasteiger partial charge on any atom is 0.328 e. The fourth-order valence-electron chi connectivity index (χ4n) is 1.80. The van der Waals surface area contributed by atoms with Crippen LogP contribution in [0.3, 0.4) is 0 Å². The van der Waals surface area contributed by atoms with Gasteiger partial charge in [-0.2, -0.15) is 0 Å². The van der Waals surface area contributed by atoms with Gasteiger partial charge in [-0.3, -0.25) is 19.2 Å². The molecule has 5 atom stereocenters. The van der Waals surface area contributed by atoms with Crippen LogP contribution >= 0.6 is 0 Å². The van der Waals surface area contributed by atoms with E-state index in [0.717, 1.165) is 0 Å². The molecule has 13 nitrogen and oxygen atoms in total. The van der Waals surface area contributed by atoms with E-state index in [2.05, 4.69) is 10.6 Å². The number of hydrogen-bond donors (Lipinski definition) is 8. The van der Waals surface area contributed by atoms with Gasteiger partial charge in [-0.05, 0) is 13.8 Å². The van der Waals surface area contributed by atoms with Gasteiger partial charge in [0.1, 0.15) is 18.1 Å². The van der Waals surface area contributed by atoms with E-state index in [1.807, 2.05) is 5.32 Å². The van der Waals surface area contributed by atoms with Crippen molar-refractivity contribution >= 4 is 29.7 Å². The number of nitrogens with one attached hydrogen (secondary N) is 3. The first-order chi connectivity index (χ1) is 12.4. The predicted octanol–water partition coefficient (Wildman–Crippen LogP) is -4.28. The standard InChI is InChI=1S/C14H24N4O9/c1-5(11(23)17-8(4-19)14(26)27)16-13(25)10(6(2)20)18-12(24)7(15)3-9(21)22/h5-8,10,19-20H,3-4,15H2,1-2H3,(H,16,25)(H,17,23)(H,18,24)(H,21,22)(H,26,27). The summed E-state index contributed by atoms with van der Waals surface area (Å²) in [6, 6.07) is -5.84. The average Bonchev–Trinajstić information content (AvgIpc) is 2.55. The molecule has 0 saturated carbocycles. The third kappa shape index (κ3) is 8.44. The summed E-state index contributed by atoms with van der Waals surface area (Å²) in [7, 11) is 0. The largest absolute Gasteiger partial charge is 0.481 e. The smallest absolute Gasteiger partial charge is 0.328 e. The van der Waals surface area contributed by atoms with Crippen LogP contribution in [-0.2, 0) is 24.0 Å². The van der Waals surface area contributed by atoms with Crippen LogP contribution in [0, 0.1) is 0 Å². The van der Waals surface area contributed by atoms with E-state index in [9.17, 15) is 29.1 Å². The second kappa shape index (κ2) is 11.1. The highest BCUT2D eigenvalue weighted by Gasteiger charge is 2.31. The Balaban J connectivity index is 4.92. The Morgan fingerprint density at radius 3 is 1.89 bits per heavy atom. The maximum atomic E-state index is 12.2. The normalized spacial score (nSPS) is 16.2. The van der Waals surface area contributed by atoms with Crippen molar-refractivity contribution in [3.05, 3.63) is 0 Å². The highest BCUT2D eigenvalue weighted by atomic mass is 16.4. The van der Waals surface area contributed by atoms with Crippen molar-refractivity contribution in [3.8, 4) is 0 Å². The summed E-state index contributed by atoms with van der Waals surface area (Å²) in [5.41, 5.74) is 5.37. The van der Waals surface area contributed by atoms with E-state index in [1.54, 1.807) is 0 Å². The molecule has 0 aliphatic heterocycles. The summed E-state index contributed by atoms with van der Waals surface area (Å²) < 4.78 is 0. The number of carboxylic acids is 2. The molecule has 9 N–H and O–H groups in total. The fraction of sp³-hybridized carbons (Fsp3) is 0.643.